The lowest BCUT2D eigenvalue weighted by Crippen LogP contribution is -2.12. The Bertz CT molecular complexity index is 793. The monoisotopic (exact) mass is 342 g/mol. The first-order valence-electron chi connectivity index (χ1n) is 8.37. The molecule has 2 aliphatic carbocycles. The van der Waals surface area contributed by atoms with Crippen molar-refractivity contribution in [1.29, 1.82) is 0 Å². The summed E-state index contributed by atoms with van der Waals surface area (Å²) in [4.78, 5) is 5.77. The highest BCUT2D eigenvalue weighted by Crippen LogP contribution is 2.43. The van der Waals surface area contributed by atoms with E-state index in [-0.39, 0.29) is 6.04 Å². The molecule has 2 aliphatic rings. The molecule has 0 bridgehead atoms. The van der Waals surface area contributed by atoms with Crippen molar-refractivity contribution < 1.29 is 9.15 Å². The number of thioether (sulfide) groups is 1. The summed E-state index contributed by atoms with van der Waals surface area (Å²) in [5, 5.41) is 3.30. The fraction of sp³-hybridized carbons (Fsp3) is 0.421. The number of ether oxygens (including phenoxy) is 1. The smallest absolute Gasteiger partial charge is 0.192 e. The van der Waals surface area contributed by atoms with Crippen LogP contribution >= 0.6 is 11.8 Å². The molecule has 0 radical (unpaired) electrons. The van der Waals surface area contributed by atoms with Gasteiger partial charge in [0.15, 0.2) is 11.7 Å². The minimum Gasteiger partial charge on any atom is -0.493 e. The fourth-order valence-corrected chi connectivity index (χ4v) is 3.50. The minimum atomic E-state index is 0.0849. The van der Waals surface area contributed by atoms with Gasteiger partial charge in [-0.1, -0.05) is 0 Å². The Hall–Kier alpha value is -1.72. The van der Waals surface area contributed by atoms with Gasteiger partial charge >= 0.3 is 0 Å². The SMILES string of the molecule is CNC1C=C(c2cc(SC)ccc2OCC2CC2)c2oc(C)nc21. The number of hydrogen-bond acceptors (Lipinski definition) is 5. The van der Waals surface area contributed by atoms with Crippen molar-refractivity contribution in [2.45, 2.75) is 30.7 Å². The number of oxazole rings is 1. The van der Waals surface area contributed by atoms with Crippen LogP contribution in [0.2, 0.25) is 0 Å². The second-order valence-corrected chi connectivity index (χ2v) is 7.29. The van der Waals surface area contributed by atoms with Crippen LogP contribution in [-0.4, -0.2) is 24.9 Å². The summed E-state index contributed by atoms with van der Waals surface area (Å²) in [6.07, 6.45) is 6.85. The molecule has 4 rings (SSSR count). The third-order valence-corrected chi connectivity index (χ3v) is 5.32. The van der Waals surface area contributed by atoms with Crippen LogP contribution in [-0.2, 0) is 0 Å². The van der Waals surface area contributed by atoms with Crippen LogP contribution in [0, 0.1) is 12.8 Å². The van der Waals surface area contributed by atoms with Gasteiger partial charge in [0.1, 0.15) is 11.4 Å². The van der Waals surface area contributed by atoms with Gasteiger partial charge in [0.2, 0.25) is 0 Å². The molecule has 1 aromatic carbocycles. The van der Waals surface area contributed by atoms with E-state index in [0.717, 1.165) is 40.9 Å². The highest BCUT2D eigenvalue weighted by Gasteiger charge is 2.31. The topological polar surface area (TPSA) is 47.3 Å². The van der Waals surface area contributed by atoms with Crippen molar-refractivity contribution in [2.75, 3.05) is 19.9 Å². The van der Waals surface area contributed by atoms with Gasteiger partial charge in [-0.05, 0) is 56.3 Å². The Morgan fingerprint density at radius 1 is 1.38 bits per heavy atom. The number of fused-ring (bicyclic) bond motifs is 1. The Morgan fingerprint density at radius 3 is 2.92 bits per heavy atom. The van der Waals surface area contributed by atoms with Gasteiger partial charge in [0.05, 0.1) is 12.6 Å². The molecular formula is C19H22N2O2S. The Kier molecular flexibility index (Phi) is 4.14. The lowest BCUT2D eigenvalue weighted by atomic mass is 10.0. The van der Waals surface area contributed by atoms with Crippen LogP contribution in [0.25, 0.3) is 5.57 Å². The molecule has 1 heterocycles. The molecule has 1 N–H and O–H groups in total. The molecule has 24 heavy (non-hydrogen) atoms. The van der Waals surface area contributed by atoms with E-state index in [4.69, 9.17) is 9.15 Å². The molecule has 2 aromatic rings. The quantitative estimate of drug-likeness (QED) is 0.797. The van der Waals surface area contributed by atoms with Gasteiger partial charge in [-0.3, -0.25) is 0 Å². The maximum absolute atomic E-state index is 6.13. The molecule has 126 valence electrons. The first-order chi connectivity index (χ1) is 11.7. The number of benzene rings is 1. The van der Waals surface area contributed by atoms with Crippen LogP contribution in [0.1, 0.15) is 41.8 Å². The van der Waals surface area contributed by atoms with Gasteiger partial charge in [-0.25, -0.2) is 4.98 Å². The zero-order chi connectivity index (χ0) is 16.7. The standard InChI is InChI=1S/C19H22N2O2S/c1-11-21-18-16(20-2)9-15(19(18)23-11)14-8-13(24-3)6-7-17(14)22-10-12-4-5-12/h6-9,12,16,20H,4-5,10H2,1-3H3. The zero-order valence-corrected chi connectivity index (χ0v) is 15.1. The first-order valence-corrected chi connectivity index (χ1v) is 9.60. The molecule has 0 amide bonds. The van der Waals surface area contributed by atoms with Gasteiger partial charge in [-0.15, -0.1) is 11.8 Å². The lowest BCUT2D eigenvalue weighted by molar-refractivity contribution is 0.298. The largest absolute Gasteiger partial charge is 0.493 e. The average molecular weight is 342 g/mol. The maximum atomic E-state index is 6.13. The molecule has 0 aliphatic heterocycles. The summed E-state index contributed by atoms with van der Waals surface area (Å²) < 4.78 is 12.0. The Morgan fingerprint density at radius 2 is 2.21 bits per heavy atom. The van der Waals surface area contributed by atoms with Gasteiger partial charge in [-0.2, -0.15) is 0 Å². The van der Waals surface area contributed by atoms with E-state index in [1.807, 2.05) is 14.0 Å². The number of rotatable bonds is 6. The highest BCUT2D eigenvalue weighted by atomic mass is 32.2. The normalized spacial score (nSPS) is 19.3. The molecule has 1 aromatic heterocycles. The highest BCUT2D eigenvalue weighted by molar-refractivity contribution is 7.98. The van der Waals surface area contributed by atoms with Crippen molar-refractivity contribution in [2.24, 2.45) is 5.92 Å². The summed E-state index contributed by atoms with van der Waals surface area (Å²) in [5.41, 5.74) is 3.14. The van der Waals surface area contributed by atoms with Crippen LogP contribution in [0.5, 0.6) is 5.75 Å². The third-order valence-electron chi connectivity index (χ3n) is 4.59. The summed E-state index contributed by atoms with van der Waals surface area (Å²) in [6, 6.07) is 6.48. The van der Waals surface area contributed by atoms with Crippen molar-refractivity contribution >= 4 is 17.3 Å². The molecule has 0 spiro atoms. The molecule has 1 saturated carbocycles. The zero-order valence-electron chi connectivity index (χ0n) is 14.3. The molecular weight excluding hydrogens is 320 g/mol. The summed E-state index contributed by atoms with van der Waals surface area (Å²) >= 11 is 1.74. The van der Waals surface area contributed by atoms with E-state index in [1.165, 1.54) is 17.7 Å². The molecule has 1 atom stereocenters. The van der Waals surface area contributed by atoms with Gasteiger partial charge in [0, 0.05) is 23.0 Å². The number of aryl methyl sites for hydroxylation is 1. The van der Waals surface area contributed by atoms with Crippen molar-refractivity contribution in [1.82, 2.24) is 10.3 Å². The third kappa shape index (κ3) is 2.87. The van der Waals surface area contributed by atoms with Gasteiger partial charge < -0.3 is 14.5 Å². The van der Waals surface area contributed by atoms with E-state index in [2.05, 4.69) is 40.8 Å². The second kappa shape index (κ2) is 6.30. The summed E-state index contributed by atoms with van der Waals surface area (Å²) in [6.45, 7) is 2.70. The van der Waals surface area contributed by atoms with Gasteiger partial charge in [0.25, 0.3) is 0 Å². The van der Waals surface area contributed by atoms with Crippen molar-refractivity contribution in [3.8, 4) is 5.75 Å². The first kappa shape index (κ1) is 15.8. The average Bonchev–Trinajstić information content (AvgIpc) is 3.26. The van der Waals surface area contributed by atoms with Crippen LogP contribution in [0.4, 0.5) is 0 Å². The van der Waals surface area contributed by atoms with E-state index in [9.17, 15) is 0 Å². The van der Waals surface area contributed by atoms with E-state index in [0.29, 0.717) is 5.89 Å². The van der Waals surface area contributed by atoms with Crippen molar-refractivity contribution in [3.05, 3.63) is 47.2 Å². The molecule has 5 heteroatoms. The summed E-state index contributed by atoms with van der Waals surface area (Å²) in [5.74, 6) is 3.22. The number of aromatic nitrogens is 1. The van der Waals surface area contributed by atoms with Crippen LogP contribution < -0.4 is 10.1 Å². The lowest BCUT2D eigenvalue weighted by Gasteiger charge is -2.13. The predicted octanol–water partition coefficient (Wildman–Crippen LogP) is 4.20. The van der Waals surface area contributed by atoms with Crippen LogP contribution in [0.15, 0.2) is 33.6 Å². The fourth-order valence-electron chi connectivity index (χ4n) is 3.06. The number of nitrogens with zero attached hydrogens (tertiary/aromatic N) is 1. The molecule has 1 unspecified atom stereocenters. The van der Waals surface area contributed by atoms with E-state index >= 15 is 0 Å². The van der Waals surface area contributed by atoms with E-state index in [1.54, 1.807) is 11.8 Å². The maximum Gasteiger partial charge on any atom is 0.192 e. The Balaban J connectivity index is 1.76. The molecule has 4 nitrogen and oxygen atoms in total. The number of hydrogen-bond donors (Lipinski definition) is 1. The molecule has 1 fully saturated rings. The van der Waals surface area contributed by atoms with E-state index < -0.39 is 0 Å². The minimum absolute atomic E-state index is 0.0849. The predicted molar refractivity (Wildman–Crippen MR) is 96.6 cm³/mol. The summed E-state index contributed by atoms with van der Waals surface area (Å²) in [7, 11) is 1.95. The second-order valence-electron chi connectivity index (χ2n) is 6.41. The Labute approximate surface area is 146 Å². The molecule has 0 saturated heterocycles. The number of nitrogens with one attached hydrogen (secondary N) is 1. The van der Waals surface area contributed by atoms with Crippen LogP contribution in [0.3, 0.4) is 0 Å². The number of likely N-dealkylation sites (N-methyl/N-ethyl adjacent to an activating group) is 1. The van der Waals surface area contributed by atoms with Crippen molar-refractivity contribution in [3.63, 3.8) is 0 Å².